The molecule has 1 aromatic heterocycles. The van der Waals surface area contributed by atoms with Crippen LogP contribution in [0.1, 0.15) is 30.5 Å². The quantitative estimate of drug-likeness (QED) is 0.196. The second-order valence-corrected chi connectivity index (χ2v) is 6.93. The zero-order chi connectivity index (χ0) is 21.8. The molecule has 0 fully saturated rings. The molecule has 2 aromatic rings. The molecule has 2 N–H and O–H groups in total. The highest BCUT2D eigenvalue weighted by molar-refractivity contribution is 14.0. The van der Waals surface area contributed by atoms with Crippen molar-refractivity contribution in [2.24, 2.45) is 4.99 Å². The van der Waals surface area contributed by atoms with Crippen LogP contribution in [0.3, 0.4) is 0 Å². The predicted molar refractivity (Wildman–Crippen MR) is 139 cm³/mol. The molecule has 0 saturated carbocycles. The van der Waals surface area contributed by atoms with E-state index in [0.29, 0.717) is 26.3 Å². The van der Waals surface area contributed by atoms with Gasteiger partial charge in [-0.2, -0.15) is 0 Å². The number of ether oxygens (including phenoxy) is 2. The molecule has 8 heteroatoms. The molecule has 7 nitrogen and oxygen atoms in total. The maximum absolute atomic E-state index is 5.86. The van der Waals surface area contributed by atoms with Crippen LogP contribution in [0.5, 0.6) is 5.75 Å². The van der Waals surface area contributed by atoms with Gasteiger partial charge in [-0.3, -0.25) is 4.99 Å². The summed E-state index contributed by atoms with van der Waals surface area (Å²) >= 11 is 0. The third kappa shape index (κ3) is 8.90. The molecule has 0 aliphatic heterocycles. The monoisotopic (exact) mass is 541 g/mol. The highest BCUT2D eigenvalue weighted by Crippen LogP contribution is 2.20. The lowest BCUT2D eigenvalue weighted by Crippen LogP contribution is -2.36. The fourth-order valence-electron chi connectivity index (χ4n) is 3.02. The summed E-state index contributed by atoms with van der Waals surface area (Å²) < 4.78 is 10.9. The molecule has 0 unspecified atom stereocenters. The van der Waals surface area contributed by atoms with Crippen LogP contribution in [0.4, 0.5) is 5.82 Å². The molecular weight excluding hydrogens is 505 g/mol. The average molecular weight is 541 g/mol. The number of hydrogen-bond acceptors (Lipinski definition) is 5. The Labute approximate surface area is 203 Å². The van der Waals surface area contributed by atoms with E-state index in [2.05, 4.69) is 70.5 Å². The number of anilines is 1. The van der Waals surface area contributed by atoms with Crippen molar-refractivity contribution >= 4 is 35.8 Å². The molecule has 172 valence electrons. The van der Waals surface area contributed by atoms with Crippen molar-refractivity contribution in [1.29, 1.82) is 0 Å². The summed E-state index contributed by atoms with van der Waals surface area (Å²) in [5, 5.41) is 6.69. The van der Waals surface area contributed by atoms with Gasteiger partial charge in [0.1, 0.15) is 18.2 Å². The minimum absolute atomic E-state index is 0. The van der Waals surface area contributed by atoms with E-state index in [0.717, 1.165) is 47.3 Å². The Hall–Kier alpha value is -2.07. The summed E-state index contributed by atoms with van der Waals surface area (Å²) in [4.78, 5) is 11.1. The van der Waals surface area contributed by atoms with Crippen LogP contribution in [0.15, 0.2) is 41.5 Å². The number of rotatable bonds is 11. The molecule has 2 rings (SSSR count). The number of hydrogen-bond donors (Lipinski definition) is 2. The summed E-state index contributed by atoms with van der Waals surface area (Å²) in [7, 11) is 3.44. The van der Waals surface area contributed by atoms with Gasteiger partial charge in [-0.05, 0) is 44.0 Å². The molecule has 0 spiro atoms. The lowest BCUT2D eigenvalue weighted by atomic mass is 10.1. The highest BCUT2D eigenvalue weighted by Gasteiger charge is 2.07. The first-order valence-electron chi connectivity index (χ1n) is 10.5. The van der Waals surface area contributed by atoms with E-state index in [1.807, 2.05) is 12.3 Å². The van der Waals surface area contributed by atoms with Crippen LogP contribution in [0.25, 0.3) is 0 Å². The summed E-state index contributed by atoms with van der Waals surface area (Å²) in [6.07, 6.45) is 1.91. The van der Waals surface area contributed by atoms with E-state index in [4.69, 9.17) is 9.47 Å². The first-order chi connectivity index (χ1) is 14.6. The number of benzene rings is 1. The van der Waals surface area contributed by atoms with Crippen LogP contribution in [0, 0.1) is 6.92 Å². The Balaban J connectivity index is 0.00000480. The highest BCUT2D eigenvalue weighted by atomic mass is 127. The topological polar surface area (TPSA) is 71.0 Å². The number of pyridine rings is 1. The Morgan fingerprint density at radius 3 is 2.42 bits per heavy atom. The van der Waals surface area contributed by atoms with E-state index >= 15 is 0 Å². The minimum Gasteiger partial charge on any atom is -0.491 e. The van der Waals surface area contributed by atoms with Crippen LogP contribution in [-0.2, 0) is 17.8 Å². The first-order valence-corrected chi connectivity index (χ1v) is 10.5. The van der Waals surface area contributed by atoms with Crippen molar-refractivity contribution in [3.05, 3.63) is 53.2 Å². The van der Waals surface area contributed by atoms with Gasteiger partial charge in [0.15, 0.2) is 5.96 Å². The number of aromatic nitrogens is 1. The average Bonchev–Trinajstić information content (AvgIpc) is 2.77. The number of halogens is 1. The summed E-state index contributed by atoms with van der Waals surface area (Å²) in [6.45, 7) is 10.6. The maximum Gasteiger partial charge on any atom is 0.191 e. The fraction of sp³-hybridized carbons (Fsp3) is 0.478. The van der Waals surface area contributed by atoms with Gasteiger partial charge in [0.25, 0.3) is 0 Å². The van der Waals surface area contributed by atoms with Gasteiger partial charge in [0.2, 0.25) is 0 Å². The number of aryl methyl sites for hydroxylation is 1. The van der Waals surface area contributed by atoms with E-state index in [9.17, 15) is 0 Å². The van der Waals surface area contributed by atoms with Gasteiger partial charge in [-0.25, -0.2) is 4.98 Å². The number of aliphatic imine (C=N–C) groups is 1. The third-order valence-corrected chi connectivity index (χ3v) is 4.79. The lowest BCUT2D eigenvalue weighted by molar-refractivity contribution is 0.145. The van der Waals surface area contributed by atoms with Crippen LogP contribution in [-0.4, -0.2) is 51.4 Å². The molecule has 0 aliphatic carbocycles. The van der Waals surface area contributed by atoms with Crippen molar-refractivity contribution in [1.82, 2.24) is 15.6 Å². The molecule has 1 heterocycles. The van der Waals surface area contributed by atoms with E-state index in [1.165, 1.54) is 0 Å². The molecule has 0 amide bonds. The number of nitrogens with zero attached hydrogens (tertiary/aromatic N) is 3. The Morgan fingerprint density at radius 2 is 1.81 bits per heavy atom. The van der Waals surface area contributed by atoms with Crippen molar-refractivity contribution < 1.29 is 9.47 Å². The third-order valence-electron chi connectivity index (χ3n) is 4.79. The maximum atomic E-state index is 5.86. The zero-order valence-electron chi connectivity index (χ0n) is 19.3. The van der Waals surface area contributed by atoms with Crippen LogP contribution in [0.2, 0.25) is 0 Å². The predicted octanol–water partition coefficient (Wildman–Crippen LogP) is 3.74. The van der Waals surface area contributed by atoms with Crippen LogP contribution < -0.4 is 20.3 Å². The van der Waals surface area contributed by atoms with Crippen molar-refractivity contribution in [3.63, 3.8) is 0 Å². The van der Waals surface area contributed by atoms with Crippen molar-refractivity contribution in [3.8, 4) is 5.75 Å². The molecule has 0 aliphatic rings. The number of nitrogens with one attached hydrogen (secondary N) is 2. The van der Waals surface area contributed by atoms with Gasteiger partial charge in [-0.1, -0.05) is 18.2 Å². The van der Waals surface area contributed by atoms with Gasteiger partial charge in [0, 0.05) is 52.1 Å². The minimum atomic E-state index is 0. The normalized spacial score (nSPS) is 10.9. The molecule has 0 saturated heterocycles. The zero-order valence-corrected chi connectivity index (χ0v) is 21.6. The van der Waals surface area contributed by atoms with Crippen molar-refractivity contribution in [2.75, 3.05) is 45.4 Å². The van der Waals surface area contributed by atoms with Gasteiger partial charge >= 0.3 is 0 Å². The molecule has 31 heavy (non-hydrogen) atoms. The molecule has 1 aromatic carbocycles. The number of guanidine groups is 1. The fourth-order valence-corrected chi connectivity index (χ4v) is 3.02. The summed E-state index contributed by atoms with van der Waals surface area (Å²) in [5.41, 5.74) is 3.34. The molecular formula is C23H36IN5O2. The molecule has 0 bridgehead atoms. The first kappa shape index (κ1) is 27.0. The van der Waals surface area contributed by atoms with E-state index in [1.54, 1.807) is 14.2 Å². The van der Waals surface area contributed by atoms with Gasteiger partial charge in [-0.15, -0.1) is 24.0 Å². The Bertz CT molecular complexity index is 795. The second kappa shape index (κ2) is 14.9. The Morgan fingerprint density at radius 1 is 1.06 bits per heavy atom. The lowest BCUT2D eigenvalue weighted by Gasteiger charge is -2.20. The second-order valence-electron chi connectivity index (χ2n) is 6.93. The van der Waals surface area contributed by atoms with Crippen LogP contribution >= 0.6 is 24.0 Å². The number of methoxy groups -OCH3 is 1. The van der Waals surface area contributed by atoms with E-state index in [-0.39, 0.29) is 24.0 Å². The Kier molecular flexibility index (Phi) is 12.9. The summed E-state index contributed by atoms with van der Waals surface area (Å²) in [6, 6.07) is 10.4. The standard InChI is InChI=1S/C23H35N5O2.HI/c1-6-28(7-2)22-11-9-19(15-25-22)16-26-23(24-4)27-17-20-10-8-18(3)14-21(20)30-13-12-29-5;/h8-11,14-15H,6-7,12-13,16-17H2,1-5H3,(H2,24,26,27);1H. The largest absolute Gasteiger partial charge is 0.491 e. The molecule has 0 radical (unpaired) electrons. The summed E-state index contributed by atoms with van der Waals surface area (Å²) in [5.74, 6) is 2.60. The SMILES string of the molecule is CCN(CC)c1ccc(CNC(=NC)NCc2ccc(C)cc2OCCOC)cn1.I. The van der Waals surface area contributed by atoms with E-state index < -0.39 is 0 Å². The van der Waals surface area contributed by atoms with Gasteiger partial charge in [0.05, 0.1) is 6.61 Å². The van der Waals surface area contributed by atoms with Gasteiger partial charge < -0.3 is 25.0 Å². The smallest absolute Gasteiger partial charge is 0.191 e. The van der Waals surface area contributed by atoms with Crippen molar-refractivity contribution in [2.45, 2.75) is 33.9 Å². The molecule has 0 atom stereocenters.